The summed E-state index contributed by atoms with van der Waals surface area (Å²) in [6.07, 6.45) is 0. The van der Waals surface area contributed by atoms with Crippen molar-refractivity contribution in [2.45, 2.75) is 0 Å². The quantitative estimate of drug-likeness (QED) is 0.401. The van der Waals surface area contributed by atoms with Gasteiger partial charge in [-0.2, -0.15) is 0 Å². The molecule has 0 bridgehead atoms. The van der Waals surface area contributed by atoms with Crippen LogP contribution in [0.4, 0.5) is 0 Å². The van der Waals surface area contributed by atoms with E-state index in [1.54, 1.807) is 24.3 Å². The van der Waals surface area contributed by atoms with E-state index in [-0.39, 0.29) is 0 Å². The van der Waals surface area contributed by atoms with Crippen LogP contribution in [0, 0.1) is 0 Å². The predicted molar refractivity (Wildman–Crippen MR) is 45.8 cm³/mol. The van der Waals surface area contributed by atoms with Crippen LogP contribution < -0.4 is 10.2 Å². The molecule has 0 aliphatic carbocycles. The van der Waals surface area contributed by atoms with Gasteiger partial charge in [-0.1, -0.05) is 12.1 Å². The van der Waals surface area contributed by atoms with Gasteiger partial charge in [-0.3, -0.25) is 20.1 Å². The molecule has 0 heterocycles. The first-order valence-corrected chi connectivity index (χ1v) is 3.56. The summed E-state index contributed by atoms with van der Waals surface area (Å²) >= 11 is 0. The van der Waals surface area contributed by atoms with Crippen LogP contribution in [0.25, 0.3) is 0 Å². The van der Waals surface area contributed by atoms with Gasteiger partial charge in [-0.25, -0.2) is 0 Å². The molecule has 0 saturated heterocycles. The van der Waals surface area contributed by atoms with Crippen LogP contribution in [0.2, 0.25) is 0 Å². The fraction of sp³-hybridized carbons (Fsp3) is 0.143. The summed E-state index contributed by atoms with van der Waals surface area (Å²) in [7, 11) is 0.295. The molecule has 2 N–H and O–H groups in total. The second kappa shape index (κ2) is 4.83. The van der Waals surface area contributed by atoms with Crippen molar-refractivity contribution in [2.24, 2.45) is 0 Å². The van der Waals surface area contributed by atoms with E-state index < -0.39 is 7.12 Å². The fourth-order valence-corrected chi connectivity index (χ4v) is 0.929. The zero-order chi connectivity index (χ0) is 9.68. The maximum Gasteiger partial charge on any atom is 0.554 e. The molecule has 1 aromatic carbocycles. The normalized spacial score (nSPS) is 9.77. The Morgan fingerprint density at radius 3 is 2.46 bits per heavy atom. The van der Waals surface area contributed by atoms with Crippen LogP contribution in [0.3, 0.4) is 0 Å². The van der Waals surface area contributed by atoms with Crippen LogP contribution in [-0.4, -0.2) is 24.7 Å². The topological polar surface area (TPSA) is 68.2 Å². The van der Waals surface area contributed by atoms with Crippen molar-refractivity contribution in [1.82, 2.24) is 0 Å². The van der Waals surface area contributed by atoms with Crippen molar-refractivity contribution < 1.29 is 24.9 Å². The highest BCUT2D eigenvalue weighted by Crippen LogP contribution is 2.06. The third-order valence-corrected chi connectivity index (χ3v) is 1.56. The third-order valence-electron chi connectivity index (χ3n) is 1.56. The van der Waals surface area contributed by atoms with Crippen LogP contribution in [0.15, 0.2) is 24.3 Å². The summed E-state index contributed by atoms with van der Waals surface area (Å²) in [4.78, 5) is 7.71. The van der Waals surface area contributed by atoms with Gasteiger partial charge < -0.3 is 4.74 Å². The average Bonchev–Trinajstić information content (AvgIpc) is 2.20. The molecule has 0 amide bonds. The smallest absolute Gasteiger partial charge is 0.497 e. The highest BCUT2D eigenvalue weighted by Gasteiger charge is 2.22. The van der Waals surface area contributed by atoms with E-state index in [1.165, 1.54) is 7.11 Å². The number of rotatable bonds is 4. The second-order valence-corrected chi connectivity index (χ2v) is 2.32. The maximum atomic E-state index is 8.32. The molecule has 0 spiro atoms. The van der Waals surface area contributed by atoms with Crippen LogP contribution in [0.1, 0.15) is 0 Å². The Hall–Kier alpha value is -1.08. The van der Waals surface area contributed by atoms with E-state index in [2.05, 4.69) is 9.61 Å². The molecule has 0 saturated carbocycles. The Bertz CT molecular complexity index is 263. The highest BCUT2D eigenvalue weighted by molar-refractivity contribution is 6.60. The molecular formula is C7H9BO5. The Morgan fingerprint density at radius 2 is 1.92 bits per heavy atom. The lowest BCUT2D eigenvalue weighted by Gasteiger charge is -2.06. The van der Waals surface area contributed by atoms with Gasteiger partial charge in [0.2, 0.25) is 0 Å². The van der Waals surface area contributed by atoms with Crippen molar-refractivity contribution in [1.29, 1.82) is 0 Å². The van der Waals surface area contributed by atoms with Crippen molar-refractivity contribution >= 4 is 12.6 Å². The lowest BCUT2D eigenvalue weighted by atomic mass is 9.80. The lowest BCUT2D eigenvalue weighted by Crippen LogP contribution is -2.35. The van der Waals surface area contributed by atoms with Gasteiger partial charge in [0.1, 0.15) is 5.75 Å². The Kier molecular flexibility index (Phi) is 3.72. The number of benzene rings is 1. The van der Waals surface area contributed by atoms with Gasteiger partial charge in [0.15, 0.2) is 0 Å². The Balaban J connectivity index is 2.86. The molecule has 1 rings (SSSR count). The minimum absolute atomic E-state index is 0.448. The summed E-state index contributed by atoms with van der Waals surface area (Å²) in [6.45, 7) is 0. The van der Waals surface area contributed by atoms with E-state index in [4.69, 9.17) is 15.3 Å². The molecule has 0 aromatic heterocycles. The van der Waals surface area contributed by atoms with Gasteiger partial charge in [-0.05, 0) is 17.6 Å². The average molecular weight is 184 g/mol. The number of hydrogen-bond donors (Lipinski definition) is 2. The molecule has 5 nitrogen and oxygen atoms in total. The standard InChI is InChI=1S/C7H9BO5/c1-11-7-4-2-3-6(5-7)8(12-9)13-10/h2-5,9-10H,1H3. The van der Waals surface area contributed by atoms with Gasteiger partial charge >= 0.3 is 7.12 Å². The van der Waals surface area contributed by atoms with Crippen molar-refractivity contribution in [3.63, 3.8) is 0 Å². The molecule has 6 heteroatoms. The monoisotopic (exact) mass is 184 g/mol. The molecular weight excluding hydrogens is 175 g/mol. The Labute approximate surface area is 75.5 Å². The Morgan fingerprint density at radius 1 is 1.23 bits per heavy atom. The highest BCUT2D eigenvalue weighted by atomic mass is 17.2. The van der Waals surface area contributed by atoms with Gasteiger partial charge in [-0.15, -0.1) is 0 Å². The fourth-order valence-electron chi connectivity index (χ4n) is 0.929. The first-order valence-electron chi connectivity index (χ1n) is 3.56. The lowest BCUT2D eigenvalue weighted by molar-refractivity contribution is -0.221. The maximum absolute atomic E-state index is 8.32. The van der Waals surface area contributed by atoms with Gasteiger partial charge in [0.25, 0.3) is 0 Å². The molecule has 0 atom stereocenters. The third kappa shape index (κ3) is 2.43. The largest absolute Gasteiger partial charge is 0.554 e. The predicted octanol–water partition coefficient (Wildman–Crippen LogP) is 0.370. The summed E-state index contributed by atoms with van der Waals surface area (Å²) in [6, 6.07) is 6.57. The van der Waals surface area contributed by atoms with Crippen LogP contribution >= 0.6 is 0 Å². The summed E-state index contributed by atoms with van der Waals surface area (Å²) in [5.41, 5.74) is 0.448. The summed E-state index contributed by atoms with van der Waals surface area (Å²) in [5.74, 6) is 0.580. The first kappa shape index (κ1) is 10.0. The van der Waals surface area contributed by atoms with E-state index in [9.17, 15) is 0 Å². The van der Waals surface area contributed by atoms with Crippen molar-refractivity contribution in [3.05, 3.63) is 24.3 Å². The van der Waals surface area contributed by atoms with E-state index >= 15 is 0 Å². The summed E-state index contributed by atoms with van der Waals surface area (Å²) < 4.78 is 4.92. The molecule has 0 radical (unpaired) electrons. The minimum Gasteiger partial charge on any atom is -0.497 e. The molecule has 13 heavy (non-hydrogen) atoms. The molecule has 0 aliphatic rings. The minimum atomic E-state index is -1.21. The van der Waals surface area contributed by atoms with E-state index in [0.29, 0.717) is 11.2 Å². The van der Waals surface area contributed by atoms with Crippen molar-refractivity contribution in [2.75, 3.05) is 7.11 Å². The zero-order valence-electron chi connectivity index (χ0n) is 7.01. The molecule has 0 fully saturated rings. The molecule has 1 aromatic rings. The molecule has 0 aliphatic heterocycles. The van der Waals surface area contributed by atoms with Crippen LogP contribution in [0.5, 0.6) is 5.75 Å². The van der Waals surface area contributed by atoms with Gasteiger partial charge in [0.05, 0.1) is 7.11 Å². The molecule has 70 valence electrons. The first-order chi connectivity index (χ1) is 6.31. The zero-order valence-corrected chi connectivity index (χ0v) is 7.01. The summed E-state index contributed by atoms with van der Waals surface area (Å²) in [5, 5.41) is 16.6. The van der Waals surface area contributed by atoms with Crippen molar-refractivity contribution in [3.8, 4) is 5.75 Å². The van der Waals surface area contributed by atoms with Gasteiger partial charge in [0, 0.05) is 0 Å². The second-order valence-electron chi connectivity index (χ2n) is 2.32. The van der Waals surface area contributed by atoms with E-state index in [1.807, 2.05) is 0 Å². The van der Waals surface area contributed by atoms with Crippen LogP contribution in [-0.2, 0) is 9.61 Å². The molecule has 0 unspecified atom stereocenters. The number of methoxy groups -OCH3 is 1. The number of ether oxygens (including phenoxy) is 1. The van der Waals surface area contributed by atoms with E-state index in [0.717, 1.165) is 0 Å². The number of hydrogen-bond acceptors (Lipinski definition) is 5. The SMILES string of the molecule is COc1cccc(B(OO)OO)c1.